The summed E-state index contributed by atoms with van der Waals surface area (Å²) in [7, 11) is 0. The Morgan fingerprint density at radius 3 is 2.85 bits per heavy atom. The molecule has 2 atom stereocenters. The van der Waals surface area contributed by atoms with Crippen LogP contribution in [-0.2, 0) is 6.42 Å². The number of hydrogen-bond acceptors (Lipinski definition) is 3. The topological polar surface area (TPSA) is 15.3 Å². The first-order valence-corrected chi connectivity index (χ1v) is 8.25. The number of hydrogen-bond donors (Lipinski definition) is 1. The standard InChI is InChI=1S/C17H22N2S/c1-14(17-8-5-11-20-17)19-10-9-18-16(13-19)12-15-6-3-2-4-7-15/h2-8,11,14,16,18H,9-10,12-13H2,1H3. The second kappa shape index (κ2) is 6.53. The van der Waals surface area contributed by atoms with Crippen LogP contribution >= 0.6 is 11.3 Å². The van der Waals surface area contributed by atoms with Gasteiger partial charge in [0.05, 0.1) is 0 Å². The summed E-state index contributed by atoms with van der Waals surface area (Å²) < 4.78 is 0. The maximum absolute atomic E-state index is 3.66. The highest BCUT2D eigenvalue weighted by Gasteiger charge is 2.24. The molecule has 0 amide bonds. The fourth-order valence-corrected chi connectivity index (χ4v) is 3.76. The van der Waals surface area contributed by atoms with Gasteiger partial charge in [0, 0.05) is 36.6 Å². The van der Waals surface area contributed by atoms with Gasteiger partial charge in [0.15, 0.2) is 0 Å². The van der Waals surface area contributed by atoms with Crippen LogP contribution in [-0.4, -0.2) is 30.6 Å². The van der Waals surface area contributed by atoms with E-state index in [4.69, 9.17) is 0 Å². The van der Waals surface area contributed by atoms with Crippen molar-refractivity contribution in [2.45, 2.75) is 25.4 Å². The van der Waals surface area contributed by atoms with Crippen LogP contribution in [0.25, 0.3) is 0 Å². The summed E-state index contributed by atoms with van der Waals surface area (Å²) in [5.74, 6) is 0. The summed E-state index contributed by atoms with van der Waals surface area (Å²) in [6.45, 7) is 5.70. The van der Waals surface area contributed by atoms with Crippen LogP contribution in [0.15, 0.2) is 47.8 Å². The Hall–Kier alpha value is -1.16. The molecular weight excluding hydrogens is 264 g/mol. The highest BCUT2D eigenvalue weighted by atomic mass is 32.1. The highest BCUT2D eigenvalue weighted by molar-refractivity contribution is 7.10. The normalized spacial score (nSPS) is 21.8. The van der Waals surface area contributed by atoms with Crippen LogP contribution < -0.4 is 5.32 Å². The van der Waals surface area contributed by atoms with E-state index < -0.39 is 0 Å². The average Bonchev–Trinajstić information content (AvgIpc) is 3.02. The van der Waals surface area contributed by atoms with E-state index in [-0.39, 0.29) is 0 Å². The number of rotatable bonds is 4. The third kappa shape index (κ3) is 3.29. The molecule has 1 aliphatic heterocycles. The number of piperazine rings is 1. The van der Waals surface area contributed by atoms with Gasteiger partial charge in [-0.2, -0.15) is 0 Å². The van der Waals surface area contributed by atoms with E-state index in [1.54, 1.807) is 0 Å². The first-order valence-electron chi connectivity index (χ1n) is 7.37. The van der Waals surface area contributed by atoms with Crippen molar-refractivity contribution in [3.05, 3.63) is 58.3 Å². The predicted octanol–water partition coefficient (Wildman–Crippen LogP) is 3.33. The van der Waals surface area contributed by atoms with Gasteiger partial charge in [-0.3, -0.25) is 4.90 Å². The lowest BCUT2D eigenvalue weighted by atomic mass is 10.0. The van der Waals surface area contributed by atoms with Crippen LogP contribution in [0.2, 0.25) is 0 Å². The van der Waals surface area contributed by atoms with Gasteiger partial charge in [-0.15, -0.1) is 11.3 Å². The van der Waals surface area contributed by atoms with Crippen molar-refractivity contribution in [3.63, 3.8) is 0 Å². The summed E-state index contributed by atoms with van der Waals surface area (Å²) in [6, 6.07) is 16.3. The summed E-state index contributed by atoms with van der Waals surface area (Å²) in [6.07, 6.45) is 1.12. The molecule has 0 bridgehead atoms. The lowest BCUT2D eigenvalue weighted by molar-refractivity contribution is 0.154. The molecule has 0 spiro atoms. The summed E-state index contributed by atoms with van der Waals surface area (Å²) in [5.41, 5.74) is 1.43. The van der Waals surface area contributed by atoms with Gasteiger partial charge in [-0.1, -0.05) is 36.4 Å². The number of thiophene rings is 1. The Bertz CT molecular complexity index is 509. The van der Waals surface area contributed by atoms with E-state index in [9.17, 15) is 0 Å². The van der Waals surface area contributed by atoms with Crippen LogP contribution in [0.5, 0.6) is 0 Å². The molecule has 1 aromatic carbocycles. The van der Waals surface area contributed by atoms with Gasteiger partial charge in [-0.25, -0.2) is 0 Å². The SMILES string of the molecule is CC(c1cccs1)N1CCNC(Cc2ccccc2)C1. The molecule has 2 unspecified atom stereocenters. The molecule has 1 saturated heterocycles. The van der Waals surface area contributed by atoms with Gasteiger partial charge in [0.2, 0.25) is 0 Å². The zero-order valence-electron chi connectivity index (χ0n) is 12.0. The smallest absolute Gasteiger partial charge is 0.0414 e. The second-order valence-corrected chi connectivity index (χ2v) is 6.51. The Morgan fingerprint density at radius 1 is 1.25 bits per heavy atom. The molecule has 1 aliphatic rings. The molecule has 2 aromatic rings. The summed E-state index contributed by atoms with van der Waals surface area (Å²) >= 11 is 1.87. The second-order valence-electron chi connectivity index (χ2n) is 5.53. The van der Waals surface area contributed by atoms with E-state index in [1.807, 2.05) is 11.3 Å². The molecule has 3 rings (SSSR count). The Labute approximate surface area is 125 Å². The van der Waals surface area contributed by atoms with Crippen molar-refractivity contribution in [1.82, 2.24) is 10.2 Å². The summed E-state index contributed by atoms with van der Waals surface area (Å²) in [4.78, 5) is 4.08. The first-order chi connectivity index (χ1) is 9.83. The third-order valence-electron chi connectivity index (χ3n) is 4.11. The molecule has 0 aliphatic carbocycles. The van der Waals surface area contributed by atoms with E-state index in [0.29, 0.717) is 12.1 Å². The van der Waals surface area contributed by atoms with Crippen LogP contribution in [0.1, 0.15) is 23.4 Å². The van der Waals surface area contributed by atoms with Crippen molar-refractivity contribution >= 4 is 11.3 Å². The third-order valence-corrected chi connectivity index (χ3v) is 5.16. The zero-order chi connectivity index (χ0) is 13.8. The predicted molar refractivity (Wildman–Crippen MR) is 86.2 cm³/mol. The van der Waals surface area contributed by atoms with Gasteiger partial charge in [0.1, 0.15) is 0 Å². The maximum atomic E-state index is 3.66. The van der Waals surface area contributed by atoms with E-state index in [2.05, 4.69) is 65.0 Å². The number of nitrogens with zero attached hydrogens (tertiary/aromatic N) is 1. The quantitative estimate of drug-likeness (QED) is 0.927. The largest absolute Gasteiger partial charge is 0.311 e. The molecule has 0 saturated carbocycles. The van der Waals surface area contributed by atoms with Crippen molar-refractivity contribution in [2.24, 2.45) is 0 Å². The Balaban J connectivity index is 1.62. The fraction of sp³-hybridized carbons (Fsp3) is 0.412. The lowest BCUT2D eigenvalue weighted by Gasteiger charge is -2.37. The molecule has 0 radical (unpaired) electrons. The van der Waals surface area contributed by atoms with Gasteiger partial charge in [0.25, 0.3) is 0 Å². The van der Waals surface area contributed by atoms with Gasteiger partial charge >= 0.3 is 0 Å². The van der Waals surface area contributed by atoms with E-state index >= 15 is 0 Å². The molecular formula is C17H22N2S. The molecule has 3 heteroatoms. The molecule has 20 heavy (non-hydrogen) atoms. The minimum atomic E-state index is 0.537. The molecule has 2 heterocycles. The van der Waals surface area contributed by atoms with Crippen molar-refractivity contribution in [3.8, 4) is 0 Å². The van der Waals surface area contributed by atoms with Crippen LogP contribution in [0.3, 0.4) is 0 Å². The van der Waals surface area contributed by atoms with E-state index in [0.717, 1.165) is 26.1 Å². The Morgan fingerprint density at radius 2 is 2.10 bits per heavy atom. The Kier molecular flexibility index (Phi) is 4.51. The van der Waals surface area contributed by atoms with Gasteiger partial charge in [-0.05, 0) is 30.4 Å². The van der Waals surface area contributed by atoms with Crippen molar-refractivity contribution < 1.29 is 0 Å². The first kappa shape index (κ1) is 13.8. The summed E-state index contributed by atoms with van der Waals surface area (Å²) in [5, 5.41) is 5.84. The monoisotopic (exact) mass is 286 g/mol. The minimum absolute atomic E-state index is 0.537. The van der Waals surface area contributed by atoms with Crippen LogP contribution in [0, 0.1) is 0 Å². The fourth-order valence-electron chi connectivity index (χ4n) is 2.95. The van der Waals surface area contributed by atoms with Crippen molar-refractivity contribution in [2.75, 3.05) is 19.6 Å². The van der Waals surface area contributed by atoms with Crippen molar-refractivity contribution in [1.29, 1.82) is 0 Å². The molecule has 106 valence electrons. The van der Waals surface area contributed by atoms with E-state index in [1.165, 1.54) is 10.4 Å². The lowest BCUT2D eigenvalue weighted by Crippen LogP contribution is -2.52. The molecule has 1 N–H and O–H groups in total. The van der Waals surface area contributed by atoms with Crippen LogP contribution in [0.4, 0.5) is 0 Å². The minimum Gasteiger partial charge on any atom is -0.311 e. The molecule has 2 nitrogen and oxygen atoms in total. The highest BCUT2D eigenvalue weighted by Crippen LogP contribution is 2.25. The molecule has 1 aromatic heterocycles. The molecule has 1 fully saturated rings. The zero-order valence-corrected chi connectivity index (χ0v) is 12.8. The van der Waals surface area contributed by atoms with Gasteiger partial charge < -0.3 is 5.32 Å². The number of nitrogens with one attached hydrogen (secondary N) is 1. The maximum Gasteiger partial charge on any atom is 0.0414 e. The average molecular weight is 286 g/mol. The number of benzene rings is 1.